The number of piperidine rings is 1. The van der Waals surface area contributed by atoms with Crippen molar-refractivity contribution in [3.8, 4) is 5.75 Å². The van der Waals surface area contributed by atoms with Crippen LogP contribution in [0.2, 0.25) is 0 Å². The molecule has 1 aromatic carbocycles. The lowest BCUT2D eigenvalue weighted by molar-refractivity contribution is -0.160. The van der Waals surface area contributed by atoms with Crippen molar-refractivity contribution >= 4 is 16.9 Å². The van der Waals surface area contributed by atoms with Gasteiger partial charge in [0.2, 0.25) is 0 Å². The third-order valence-corrected chi connectivity index (χ3v) is 7.32. The summed E-state index contributed by atoms with van der Waals surface area (Å²) in [5.41, 5.74) is 3.72. The summed E-state index contributed by atoms with van der Waals surface area (Å²) in [4.78, 5) is 18.7. The van der Waals surface area contributed by atoms with Crippen LogP contribution < -0.4 is 4.74 Å². The summed E-state index contributed by atoms with van der Waals surface area (Å²) in [7, 11) is 3.15. The van der Waals surface area contributed by atoms with E-state index >= 15 is 0 Å². The molecule has 3 aliphatic rings. The highest BCUT2D eigenvalue weighted by Gasteiger charge is 2.49. The van der Waals surface area contributed by atoms with Gasteiger partial charge in [-0.1, -0.05) is 6.07 Å². The minimum atomic E-state index is -0.592. The topological polar surface area (TPSA) is 74.8 Å². The predicted octanol–water partition coefficient (Wildman–Crippen LogP) is 2.66. The first-order valence-electron chi connectivity index (χ1n) is 10.3. The monoisotopic (exact) mass is 384 g/mol. The smallest absolute Gasteiger partial charge is 0.311 e. The van der Waals surface area contributed by atoms with Crippen molar-refractivity contribution in [3.05, 3.63) is 29.5 Å². The summed E-state index contributed by atoms with van der Waals surface area (Å²) in [5.74, 6) is 0.860. The Labute approximate surface area is 164 Å². The van der Waals surface area contributed by atoms with Gasteiger partial charge in [0.25, 0.3) is 0 Å². The molecule has 2 N–H and O–H groups in total. The molecule has 5 rings (SSSR count). The lowest BCUT2D eigenvalue weighted by Gasteiger charge is -2.50. The number of rotatable bonds is 2. The molecule has 2 fully saturated rings. The number of nitrogens with zero attached hydrogens (tertiary/aromatic N) is 1. The van der Waals surface area contributed by atoms with Gasteiger partial charge in [-0.15, -0.1) is 0 Å². The van der Waals surface area contributed by atoms with E-state index in [1.807, 2.05) is 12.1 Å². The highest BCUT2D eigenvalue weighted by Crippen LogP contribution is 2.50. The number of benzene rings is 1. The number of fused-ring (bicyclic) bond motifs is 6. The number of aromatic nitrogens is 1. The van der Waals surface area contributed by atoms with E-state index in [4.69, 9.17) is 9.47 Å². The van der Waals surface area contributed by atoms with Crippen LogP contribution in [0.25, 0.3) is 10.9 Å². The molecule has 5 atom stereocenters. The lowest BCUT2D eigenvalue weighted by Crippen LogP contribution is -2.53. The van der Waals surface area contributed by atoms with Crippen molar-refractivity contribution in [3.63, 3.8) is 0 Å². The summed E-state index contributed by atoms with van der Waals surface area (Å²) in [6.45, 7) is 2.01. The van der Waals surface area contributed by atoms with Crippen molar-refractivity contribution in [2.45, 2.75) is 37.8 Å². The van der Waals surface area contributed by atoms with E-state index < -0.39 is 12.0 Å². The van der Waals surface area contributed by atoms with Gasteiger partial charge < -0.3 is 19.6 Å². The fourth-order valence-electron chi connectivity index (χ4n) is 6.04. The number of hydrogen-bond acceptors (Lipinski definition) is 5. The van der Waals surface area contributed by atoms with Crippen LogP contribution in [-0.2, 0) is 16.0 Å². The standard InChI is InChI=1S/C22H28N2O4/c1-27-18-5-3-4-15-19(18)13-8-9-24-11-12-6-7-17(25)20(22(26)28-2)14(12)10-16(24)21(13)23-15/h3-5,12,14,16-17,20,23,25H,6-11H2,1-2H3/t12-,14-,16-,17?,20?/m0/s1. The molecule has 6 heteroatoms. The molecule has 28 heavy (non-hydrogen) atoms. The Morgan fingerprint density at radius 3 is 2.93 bits per heavy atom. The zero-order valence-corrected chi connectivity index (χ0v) is 16.5. The fraction of sp³-hybridized carbons (Fsp3) is 0.591. The van der Waals surface area contributed by atoms with Crippen molar-refractivity contribution in [2.24, 2.45) is 17.8 Å². The van der Waals surface area contributed by atoms with Crippen molar-refractivity contribution in [1.82, 2.24) is 9.88 Å². The highest BCUT2D eigenvalue weighted by molar-refractivity contribution is 5.91. The Balaban J connectivity index is 1.54. The quantitative estimate of drug-likeness (QED) is 0.779. The molecule has 150 valence electrons. The van der Waals surface area contributed by atoms with Crippen LogP contribution in [0.4, 0.5) is 0 Å². The second kappa shape index (κ2) is 6.78. The molecule has 3 heterocycles. The number of carbonyl (C=O) groups is 1. The molecule has 0 radical (unpaired) electrons. The zero-order chi connectivity index (χ0) is 19.4. The molecule has 1 saturated heterocycles. The van der Waals surface area contributed by atoms with E-state index in [-0.39, 0.29) is 17.9 Å². The third kappa shape index (κ3) is 2.58. The van der Waals surface area contributed by atoms with Gasteiger partial charge in [0.1, 0.15) is 5.75 Å². The summed E-state index contributed by atoms with van der Waals surface area (Å²) in [6, 6.07) is 6.39. The number of methoxy groups -OCH3 is 2. The molecule has 2 unspecified atom stereocenters. The normalized spacial score (nSPS) is 32.3. The maximum Gasteiger partial charge on any atom is 0.311 e. The molecule has 0 amide bonds. The van der Waals surface area contributed by atoms with Gasteiger partial charge in [-0.3, -0.25) is 9.69 Å². The maximum atomic E-state index is 12.4. The van der Waals surface area contributed by atoms with Gasteiger partial charge in [-0.2, -0.15) is 0 Å². The maximum absolute atomic E-state index is 12.4. The van der Waals surface area contributed by atoms with Crippen LogP contribution in [0.3, 0.4) is 0 Å². The average molecular weight is 384 g/mol. The fourth-order valence-corrected chi connectivity index (χ4v) is 6.04. The predicted molar refractivity (Wildman–Crippen MR) is 105 cm³/mol. The van der Waals surface area contributed by atoms with Gasteiger partial charge in [-0.05, 0) is 55.2 Å². The van der Waals surface area contributed by atoms with Gasteiger partial charge in [-0.25, -0.2) is 0 Å². The Morgan fingerprint density at radius 2 is 2.14 bits per heavy atom. The number of hydrogen-bond donors (Lipinski definition) is 2. The summed E-state index contributed by atoms with van der Waals surface area (Å²) >= 11 is 0. The minimum Gasteiger partial charge on any atom is -0.496 e. The van der Waals surface area contributed by atoms with Gasteiger partial charge in [0, 0.05) is 29.7 Å². The first-order chi connectivity index (χ1) is 13.6. The Kier molecular flexibility index (Phi) is 4.36. The highest BCUT2D eigenvalue weighted by atomic mass is 16.5. The number of aliphatic hydroxyl groups is 1. The zero-order valence-electron chi connectivity index (χ0n) is 16.5. The summed E-state index contributed by atoms with van der Waals surface area (Å²) in [6.07, 6.45) is 2.96. The summed E-state index contributed by atoms with van der Waals surface area (Å²) in [5, 5.41) is 11.7. The molecule has 6 nitrogen and oxygen atoms in total. The molecular weight excluding hydrogens is 356 g/mol. The second-order valence-electron chi connectivity index (χ2n) is 8.51. The first kappa shape index (κ1) is 18.0. The van der Waals surface area contributed by atoms with Crippen LogP contribution in [0.5, 0.6) is 5.75 Å². The molecule has 1 aliphatic carbocycles. The van der Waals surface area contributed by atoms with E-state index in [2.05, 4.69) is 16.0 Å². The SMILES string of the molecule is COC(=O)C1C(O)CC[C@H]2CN3CCc4c([nH]c5cccc(OC)c45)[C@@H]3C[C@H]12. The van der Waals surface area contributed by atoms with Crippen LogP contribution in [0, 0.1) is 17.8 Å². The van der Waals surface area contributed by atoms with E-state index in [1.54, 1.807) is 7.11 Å². The van der Waals surface area contributed by atoms with E-state index in [1.165, 1.54) is 23.8 Å². The number of carbonyl (C=O) groups excluding carboxylic acids is 1. The van der Waals surface area contributed by atoms with Crippen LogP contribution in [0.1, 0.15) is 36.6 Å². The molecule has 1 saturated carbocycles. The largest absolute Gasteiger partial charge is 0.496 e. The van der Waals surface area contributed by atoms with E-state index in [9.17, 15) is 9.90 Å². The Hall–Kier alpha value is -2.05. The minimum absolute atomic E-state index is 0.164. The number of aliphatic hydroxyl groups excluding tert-OH is 1. The molecule has 0 spiro atoms. The van der Waals surface area contributed by atoms with Crippen molar-refractivity contribution in [1.29, 1.82) is 0 Å². The van der Waals surface area contributed by atoms with Gasteiger partial charge in [0.05, 0.1) is 32.3 Å². The van der Waals surface area contributed by atoms with Crippen LogP contribution >= 0.6 is 0 Å². The number of ether oxygens (including phenoxy) is 2. The van der Waals surface area contributed by atoms with Crippen molar-refractivity contribution in [2.75, 3.05) is 27.3 Å². The van der Waals surface area contributed by atoms with Crippen LogP contribution in [0.15, 0.2) is 18.2 Å². The number of nitrogens with one attached hydrogen (secondary N) is 1. The number of aromatic amines is 1. The van der Waals surface area contributed by atoms with E-state index in [0.29, 0.717) is 12.3 Å². The second-order valence-corrected chi connectivity index (χ2v) is 8.51. The van der Waals surface area contributed by atoms with Crippen molar-refractivity contribution < 1.29 is 19.4 Å². The molecular formula is C22H28N2O4. The first-order valence-corrected chi connectivity index (χ1v) is 10.3. The Morgan fingerprint density at radius 1 is 1.29 bits per heavy atom. The Bertz CT molecular complexity index is 907. The van der Waals surface area contributed by atoms with Gasteiger partial charge in [0.15, 0.2) is 0 Å². The summed E-state index contributed by atoms with van der Waals surface area (Å²) < 4.78 is 10.7. The van der Waals surface area contributed by atoms with Gasteiger partial charge >= 0.3 is 5.97 Å². The lowest BCUT2D eigenvalue weighted by atomic mass is 9.65. The third-order valence-electron chi connectivity index (χ3n) is 7.32. The van der Waals surface area contributed by atoms with Crippen LogP contribution in [-0.4, -0.2) is 54.4 Å². The van der Waals surface area contributed by atoms with E-state index in [0.717, 1.165) is 43.6 Å². The molecule has 0 bridgehead atoms. The molecule has 2 aromatic rings. The number of H-pyrrole nitrogens is 1. The molecule has 1 aromatic heterocycles. The number of esters is 1. The molecule has 2 aliphatic heterocycles. The average Bonchev–Trinajstić information content (AvgIpc) is 3.11.